The third-order valence-corrected chi connectivity index (χ3v) is 15.5. The number of hydrogen-bond acceptors (Lipinski definition) is 3. The van der Waals surface area contributed by atoms with Gasteiger partial charge < -0.3 is 0 Å². The summed E-state index contributed by atoms with van der Waals surface area (Å²) >= 11 is 4.39. The molecule has 0 atom stereocenters. The van der Waals surface area contributed by atoms with Gasteiger partial charge in [0.1, 0.15) is 0 Å². The van der Waals surface area contributed by atoms with Gasteiger partial charge in [-0.1, -0.05) is 0 Å². The van der Waals surface area contributed by atoms with Crippen LogP contribution in [0.5, 0.6) is 0 Å². The van der Waals surface area contributed by atoms with E-state index < -0.39 is 11.3 Å². The van der Waals surface area contributed by atoms with E-state index in [1.165, 1.54) is 7.11 Å². The summed E-state index contributed by atoms with van der Waals surface area (Å²) in [5.74, 6) is -0.428. The summed E-state index contributed by atoms with van der Waals surface area (Å²) in [5, 5.41) is 0.120. The third kappa shape index (κ3) is 4.06. The molecule has 0 heterocycles. The van der Waals surface area contributed by atoms with E-state index in [1.54, 1.807) is 18.2 Å². The molecular formula is C28H24BrO3P. The van der Waals surface area contributed by atoms with Crippen LogP contribution in [0.3, 0.4) is 0 Å². The van der Waals surface area contributed by atoms with Crippen LogP contribution < -0.4 is 15.9 Å². The van der Waals surface area contributed by atoms with Crippen molar-refractivity contribution in [2.45, 2.75) is 6.16 Å². The summed E-state index contributed by atoms with van der Waals surface area (Å²) < 4.78 is 4.95. The Kier molecular flexibility index (Phi) is 6.60. The summed E-state index contributed by atoms with van der Waals surface area (Å²) in [6.07, 6.45) is 1.37. The van der Waals surface area contributed by atoms with Crippen molar-refractivity contribution in [3.8, 4) is 0 Å². The fourth-order valence-electron chi connectivity index (χ4n) is 4.36. The summed E-state index contributed by atoms with van der Waals surface area (Å²) in [5.41, 5.74) is 1.77. The van der Waals surface area contributed by atoms with Gasteiger partial charge >= 0.3 is 202 Å². The van der Waals surface area contributed by atoms with E-state index in [0.717, 1.165) is 27.8 Å². The van der Waals surface area contributed by atoms with Crippen molar-refractivity contribution in [1.29, 1.82) is 0 Å². The van der Waals surface area contributed by atoms with Crippen LogP contribution in [0.15, 0.2) is 109 Å². The second-order valence-electron chi connectivity index (χ2n) is 7.87. The van der Waals surface area contributed by atoms with Crippen molar-refractivity contribution in [1.82, 2.24) is 0 Å². The molecule has 0 radical (unpaired) electrons. The van der Waals surface area contributed by atoms with Crippen LogP contribution in [-0.2, 0) is 10.9 Å². The molecule has 0 unspecified atom stereocenters. The Morgan fingerprint density at radius 3 is 1.64 bits per heavy atom. The summed E-state index contributed by atoms with van der Waals surface area (Å²) in [7, 11) is 1.36. The topological polar surface area (TPSA) is 43.4 Å². The maximum absolute atomic E-state index is 12.3. The van der Waals surface area contributed by atoms with Crippen LogP contribution in [0.1, 0.15) is 26.3 Å². The van der Waals surface area contributed by atoms with Gasteiger partial charge in [0, 0.05) is 0 Å². The van der Waals surface area contributed by atoms with Crippen LogP contribution in [0.2, 0.25) is 0 Å². The van der Waals surface area contributed by atoms with Crippen LogP contribution in [-0.4, -0.2) is 19.4 Å². The van der Waals surface area contributed by atoms with Gasteiger partial charge in [-0.05, 0) is 0 Å². The summed E-state index contributed by atoms with van der Waals surface area (Å²) in [4.78, 5) is 24.4. The molecule has 4 rings (SSSR count). The minimum absolute atomic E-state index is 0.421. The molecule has 0 saturated carbocycles. The number of aldehydes is 1. The Morgan fingerprint density at radius 1 is 0.788 bits per heavy atom. The molecule has 0 N–H and O–H groups in total. The minimum atomic E-state index is -3.30. The molecule has 33 heavy (non-hydrogen) atoms. The molecule has 0 aromatic heterocycles. The van der Waals surface area contributed by atoms with Crippen molar-refractivity contribution < 1.29 is 14.3 Å². The van der Waals surface area contributed by atoms with E-state index in [4.69, 9.17) is 4.74 Å². The Labute approximate surface area is 202 Å². The zero-order chi connectivity index (χ0) is 23.3. The molecule has 166 valence electrons. The Balaban J connectivity index is 2.09. The first-order valence-electron chi connectivity index (χ1n) is 10.6. The second-order valence-corrected chi connectivity index (χ2v) is 16.8. The first-order chi connectivity index (χ1) is 16.0. The molecule has 5 heteroatoms. The van der Waals surface area contributed by atoms with E-state index in [1.807, 2.05) is 54.6 Å². The molecule has 0 fully saturated rings. The summed E-state index contributed by atoms with van der Waals surface area (Å²) in [6.45, 7) is 0. The first-order valence-corrected chi connectivity index (χ1v) is 15.0. The normalized spacial score (nSPS) is 12.4. The van der Waals surface area contributed by atoms with Crippen LogP contribution >= 0.6 is 20.8 Å². The Morgan fingerprint density at radius 2 is 1.24 bits per heavy atom. The molecule has 3 nitrogen and oxygen atoms in total. The number of carbonyl (C=O) groups is 2. The standard InChI is InChI=1S/C28H24BrO3P/c1-32-28(31)22-17-18-23(20-30)24(19-22)21-33(29,25-11-5-2-6-12-25,26-13-7-3-8-14-26)27-15-9-4-10-16-27/h2-20H,21H2,1H3. The predicted molar refractivity (Wildman–Crippen MR) is 141 cm³/mol. The van der Waals surface area contributed by atoms with Crippen molar-refractivity contribution in [2.24, 2.45) is 0 Å². The number of esters is 1. The first kappa shape index (κ1) is 23.1. The number of hydrogen-bond donors (Lipinski definition) is 0. The molecule has 4 aromatic rings. The van der Waals surface area contributed by atoms with E-state index in [9.17, 15) is 9.59 Å². The molecular weight excluding hydrogens is 495 g/mol. The fraction of sp³-hybridized carbons (Fsp3) is 0.0714. The zero-order valence-electron chi connectivity index (χ0n) is 18.2. The van der Waals surface area contributed by atoms with Gasteiger partial charge in [0.2, 0.25) is 0 Å². The molecule has 0 aliphatic rings. The maximum atomic E-state index is 12.3. The third-order valence-electron chi connectivity index (χ3n) is 6.04. The van der Waals surface area contributed by atoms with Crippen molar-refractivity contribution >= 4 is 49.0 Å². The van der Waals surface area contributed by atoms with Gasteiger partial charge in [0.15, 0.2) is 0 Å². The van der Waals surface area contributed by atoms with Crippen molar-refractivity contribution in [2.75, 3.05) is 7.11 Å². The second kappa shape index (κ2) is 9.43. The van der Waals surface area contributed by atoms with Gasteiger partial charge in [-0.3, -0.25) is 0 Å². The van der Waals surface area contributed by atoms with Crippen molar-refractivity contribution in [3.05, 3.63) is 126 Å². The molecule has 0 spiro atoms. The SMILES string of the molecule is COC(=O)c1ccc(C=O)c(CP(Br)(c2ccccc2)(c2ccccc2)c2ccccc2)c1. The van der Waals surface area contributed by atoms with E-state index >= 15 is 0 Å². The quantitative estimate of drug-likeness (QED) is 0.181. The number of carbonyl (C=O) groups excluding carboxylic acids is 2. The molecule has 0 aliphatic heterocycles. The van der Waals surface area contributed by atoms with E-state index in [2.05, 4.69) is 51.9 Å². The van der Waals surface area contributed by atoms with Gasteiger partial charge in [-0.2, -0.15) is 0 Å². The predicted octanol–water partition coefficient (Wildman–Crippen LogP) is 5.63. The van der Waals surface area contributed by atoms with E-state index in [-0.39, 0.29) is 0 Å². The Hall–Kier alpha value is -3.07. The van der Waals surface area contributed by atoms with Crippen LogP contribution in [0.4, 0.5) is 0 Å². The monoisotopic (exact) mass is 518 g/mol. The van der Waals surface area contributed by atoms with Gasteiger partial charge in [-0.15, -0.1) is 0 Å². The molecule has 0 amide bonds. The molecule has 0 bridgehead atoms. The van der Waals surface area contributed by atoms with Crippen molar-refractivity contribution in [3.63, 3.8) is 0 Å². The fourth-order valence-corrected chi connectivity index (χ4v) is 12.0. The van der Waals surface area contributed by atoms with E-state index in [0.29, 0.717) is 17.3 Å². The van der Waals surface area contributed by atoms with Gasteiger partial charge in [0.05, 0.1) is 0 Å². The van der Waals surface area contributed by atoms with Gasteiger partial charge in [0.25, 0.3) is 0 Å². The average Bonchev–Trinajstić information content (AvgIpc) is 2.89. The molecule has 0 aliphatic carbocycles. The average molecular weight is 519 g/mol. The molecule has 0 saturated heterocycles. The number of methoxy groups -OCH3 is 1. The number of ether oxygens (including phenoxy) is 1. The summed E-state index contributed by atoms with van der Waals surface area (Å²) in [6, 6.07) is 36.2. The van der Waals surface area contributed by atoms with Crippen LogP contribution in [0.25, 0.3) is 0 Å². The number of rotatable bonds is 7. The zero-order valence-corrected chi connectivity index (χ0v) is 20.7. The number of halogens is 1. The number of benzene rings is 4. The van der Waals surface area contributed by atoms with Crippen LogP contribution in [0, 0.1) is 0 Å². The molecule has 4 aromatic carbocycles. The Bertz CT molecular complexity index is 1180. The van der Waals surface area contributed by atoms with Gasteiger partial charge in [-0.25, -0.2) is 0 Å².